The third-order valence-corrected chi connectivity index (χ3v) is 4.86. The standard InChI is InChI=1S/C23H20N2O3/c26-25(27)15-22(21-14-24-23-9-5-4-8-20(21)23)18-10-12-19(13-11-18)28-16-17-6-2-1-3-7-17/h1-14,22,24H,15-16H2/t22-/m0/s1. The van der Waals surface area contributed by atoms with E-state index in [0.717, 1.165) is 33.3 Å². The summed E-state index contributed by atoms with van der Waals surface area (Å²) in [6.07, 6.45) is 1.87. The molecule has 28 heavy (non-hydrogen) atoms. The second-order valence-corrected chi connectivity index (χ2v) is 6.70. The van der Waals surface area contributed by atoms with E-state index in [1.807, 2.05) is 85.1 Å². The number of para-hydroxylation sites is 1. The lowest BCUT2D eigenvalue weighted by molar-refractivity contribution is -0.481. The van der Waals surface area contributed by atoms with Crippen molar-refractivity contribution in [2.24, 2.45) is 0 Å². The van der Waals surface area contributed by atoms with Gasteiger partial charge in [0.15, 0.2) is 0 Å². The van der Waals surface area contributed by atoms with E-state index in [0.29, 0.717) is 6.61 Å². The van der Waals surface area contributed by atoms with Crippen LogP contribution in [-0.4, -0.2) is 16.5 Å². The predicted molar refractivity (Wildman–Crippen MR) is 109 cm³/mol. The quantitative estimate of drug-likeness (QED) is 0.360. The maximum absolute atomic E-state index is 11.3. The summed E-state index contributed by atoms with van der Waals surface area (Å²) in [7, 11) is 0. The van der Waals surface area contributed by atoms with E-state index in [-0.39, 0.29) is 17.4 Å². The van der Waals surface area contributed by atoms with Crippen LogP contribution in [-0.2, 0) is 6.61 Å². The lowest BCUT2D eigenvalue weighted by Gasteiger charge is -2.14. The summed E-state index contributed by atoms with van der Waals surface area (Å²) >= 11 is 0. The van der Waals surface area contributed by atoms with Gasteiger partial charge in [-0.25, -0.2) is 0 Å². The van der Waals surface area contributed by atoms with Crippen LogP contribution in [0.3, 0.4) is 0 Å². The van der Waals surface area contributed by atoms with Gasteiger partial charge in [0.2, 0.25) is 6.54 Å². The molecule has 1 heterocycles. The van der Waals surface area contributed by atoms with Gasteiger partial charge < -0.3 is 9.72 Å². The maximum Gasteiger partial charge on any atom is 0.214 e. The Balaban J connectivity index is 1.58. The van der Waals surface area contributed by atoms with Crippen LogP contribution in [0, 0.1) is 10.1 Å². The van der Waals surface area contributed by atoms with Crippen molar-refractivity contribution in [2.45, 2.75) is 12.5 Å². The molecule has 140 valence electrons. The molecule has 4 aromatic rings. The van der Waals surface area contributed by atoms with Gasteiger partial charge in [0, 0.05) is 22.0 Å². The second kappa shape index (κ2) is 7.96. The van der Waals surface area contributed by atoms with Crippen LogP contribution in [0.15, 0.2) is 85.1 Å². The Morgan fingerprint density at radius 2 is 1.64 bits per heavy atom. The van der Waals surface area contributed by atoms with Gasteiger partial charge in [-0.2, -0.15) is 0 Å². The Hall–Kier alpha value is -3.60. The predicted octanol–water partition coefficient (Wildman–Crippen LogP) is 5.16. The summed E-state index contributed by atoms with van der Waals surface area (Å²) in [5.41, 5.74) is 3.91. The first-order valence-corrected chi connectivity index (χ1v) is 9.15. The van der Waals surface area contributed by atoms with Gasteiger partial charge in [-0.3, -0.25) is 10.1 Å². The number of ether oxygens (including phenoxy) is 1. The van der Waals surface area contributed by atoms with Gasteiger partial charge in [-0.1, -0.05) is 60.7 Å². The Morgan fingerprint density at radius 1 is 0.929 bits per heavy atom. The molecule has 1 atom stereocenters. The van der Waals surface area contributed by atoms with Gasteiger partial charge in [-0.15, -0.1) is 0 Å². The Labute approximate surface area is 162 Å². The average molecular weight is 372 g/mol. The van der Waals surface area contributed by atoms with Gasteiger partial charge in [-0.05, 0) is 34.9 Å². The van der Waals surface area contributed by atoms with E-state index in [1.165, 1.54) is 0 Å². The molecular formula is C23H20N2O3. The molecule has 0 aliphatic heterocycles. The zero-order valence-electron chi connectivity index (χ0n) is 15.2. The SMILES string of the molecule is O=[N+]([O-])C[C@@H](c1ccc(OCc2ccccc2)cc1)c1c[nH]c2ccccc12. The molecule has 0 saturated carbocycles. The Morgan fingerprint density at radius 3 is 2.39 bits per heavy atom. The number of fused-ring (bicyclic) bond motifs is 1. The van der Waals surface area contributed by atoms with E-state index in [4.69, 9.17) is 4.74 Å². The molecule has 3 aromatic carbocycles. The molecule has 4 rings (SSSR count). The number of aromatic nitrogens is 1. The van der Waals surface area contributed by atoms with Crippen molar-refractivity contribution in [2.75, 3.05) is 6.54 Å². The highest BCUT2D eigenvalue weighted by Gasteiger charge is 2.23. The highest BCUT2D eigenvalue weighted by molar-refractivity contribution is 5.84. The van der Waals surface area contributed by atoms with Crippen LogP contribution in [0.5, 0.6) is 5.75 Å². The van der Waals surface area contributed by atoms with Crippen molar-refractivity contribution in [3.05, 3.63) is 112 Å². The number of hydrogen-bond donors (Lipinski definition) is 1. The van der Waals surface area contributed by atoms with E-state index in [9.17, 15) is 10.1 Å². The van der Waals surface area contributed by atoms with Crippen LogP contribution in [0.4, 0.5) is 0 Å². The Kier molecular flexibility index (Phi) is 5.06. The van der Waals surface area contributed by atoms with E-state index in [2.05, 4.69) is 4.98 Å². The number of benzene rings is 3. The zero-order chi connectivity index (χ0) is 19.3. The fraction of sp³-hybridized carbons (Fsp3) is 0.130. The molecule has 0 spiro atoms. The van der Waals surface area contributed by atoms with Crippen molar-refractivity contribution in [3.8, 4) is 5.75 Å². The molecule has 0 unspecified atom stereocenters. The minimum absolute atomic E-state index is 0.161. The fourth-order valence-corrected chi connectivity index (χ4v) is 3.45. The van der Waals surface area contributed by atoms with Crippen molar-refractivity contribution in [1.29, 1.82) is 0 Å². The molecule has 0 bridgehead atoms. The molecule has 0 fully saturated rings. The highest BCUT2D eigenvalue weighted by Crippen LogP contribution is 2.32. The largest absolute Gasteiger partial charge is 0.489 e. The van der Waals surface area contributed by atoms with Crippen LogP contribution in [0.1, 0.15) is 22.6 Å². The van der Waals surface area contributed by atoms with Crippen molar-refractivity contribution >= 4 is 10.9 Å². The number of nitrogens with zero attached hydrogens (tertiary/aromatic N) is 1. The smallest absolute Gasteiger partial charge is 0.214 e. The van der Waals surface area contributed by atoms with Gasteiger partial charge in [0.05, 0.1) is 5.92 Å². The summed E-state index contributed by atoms with van der Waals surface area (Å²) in [5, 5.41) is 12.3. The van der Waals surface area contributed by atoms with Gasteiger partial charge in [0.25, 0.3) is 0 Å². The highest BCUT2D eigenvalue weighted by atomic mass is 16.6. The van der Waals surface area contributed by atoms with E-state index >= 15 is 0 Å². The first-order chi connectivity index (χ1) is 13.7. The molecule has 0 amide bonds. The molecule has 1 N–H and O–H groups in total. The van der Waals surface area contributed by atoms with E-state index < -0.39 is 0 Å². The number of H-pyrrole nitrogens is 1. The summed E-state index contributed by atoms with van der Waals surface area (Å²) in [4.78, 5) is 14.3. The zero-order valence-corrected chi connectivity index (χ0v) is 15.2. The molecule has 0 radical (unpaired) electrons. The fourth-order valence-electron chi connectivity index (χ4n) is 3.45. The number of nitrogens with one attached hydrogen (secondary N) is 1. The summed E-state index contributed by atoms with van der Waals surface area (Å²) < 4.78 is 5.83. The molecule has 5 heteroatoms. The molecule has 0 aliphatic rings. The first-order valence-electron chi connectivity index (χ1n) is 9.15. The minimum Gasteiger partial charge on any atom is -0.489 e. The minimum atomic E-state index is -0.325. The number of aromatic amines is 1. The summed E-state index contributed by atoms with van der Waals surface area (Å²) in [6, 6.07) is 25.4. The normalized spacial score (nSPS) is 12.0. The van der Waals surface area contributed by atoms with Gasteiger partial charge >= 0.3 is 0 Å². The Bertz CT molecular complexity index is 1070. The van der Waals surface area contributed by atoms with Crippen molar-refractivity contribution in [3.63, 3.8) is 0 Å². The van der Waals surface area contributed by atoms with Crippen molar-refractivity contribution < 1.29 is 9.66 Å². The first kappa shape index (κ1) is 17.8. The molecule has 0 saturated heterocycles. The topological polar surface area (TPSA) is 68.2 Å². The number of rotatable bonds is 7. The number of hydrogen-bond acceptors (Lipinski definition) is 3. The van der Waals surface area contributed by atoms with Crippen LogP contribution in [0.2, 0.25) is 0 Å². The van der Waals surface area contributed by atoms with Crippen molar-refractivity contribution in [1.82, 2.24) is 4.98 Å². The molecular weight excluding hydrogens is 352 g/mol. The lowest BCUT2D eigenvalue weighted by Crippen LogP contribution is -2.13. The van der Waals surface area contributed by atoms with Crippen LogP contribution >= 0.6 is 0 Å². The van der Waals surface area contributed by atoms with Gasteiger partial charge in [0.1, 0.15) is 12.4 Å². The molecule has 1 aromatic heterocycles. The maximum atomic E-state index is 11.3. The molecule has 0 aliphatic carbocycles. The number of nitro groups is 1. The van der Waals surface area contributed by atoms with Crippen LogP contribution in [0.25, 0.3) is 10.9 Å². The summed E-state index contributed by atoms with van der Waals surface area (Å²) in [5.74, 6) is 0.417. The van der Waals surface area contributed by atoms with E-state index in [1.54, 1.807) is 0 Å². The average Bonchev–Trinajstić information content (AvgIpc) is 3.16. The third-order valence-electron chi connectivity index (χ3n) is 4.86. The lowest BCUT2D eigenvalue weighted by atomic mass is 9.91. The molecule has 5 nitrogen and oxygen atoms in total. The van der Waals surface area contributed by atoms with Crippen LogP contribution < -0.4 is 4.74 Å². The second-order valence-electron chi connectivity index (χ2n) is 6.70. The third kappa shape index (κ3) is 3.88. The monoisotopic (exact) mass is 372 g/mol. The summed E-state index contributed by atoms with van der Waals surface area (Å²) in [6.45, 7) is 0.326.